The lowest BCUT2D eigenvalue weighted by Gasteiger charge is -2.29. The molecular weight excluding hydrogens is 320 g/mol. The number of nitrogens with one attached hydrogen (secondary N) is 1. The van der Waals surface area contributed by atoms with Crippen LogP contribution in [0.5, 0.6) is 0 Å². The molecule has 0 saturated carbocycles. The SMILES string of the molecule is NS(=O)(=O)c1ccccc1CNC(=O)C1(C(=O)O)CC=CCC1. The minimum absolute atomic E-state index is 0.0896. The van der Waals surface area contributed by atoms with Crippen LogP contribution in [0, 0.1) is 5.41 Å². The van der Waals surface area contributed by atoms with Crippen molar-refractivity contribution in [2.24, 2.45) is 10.6 Å². The molecule has 0 aromatic heterocycles. The van der Waals surface area contributed by atoms with Crippen molar-refractivity contribution in [2.45, 2.75) is 30.7 Å². The van der Waals surface area contributed by atoms with Gasteiger partial charge >= 0.3 is 5.97 Å². The number of carbonyl (C=O) groups excluding carboxylic acids is 1. The molecule has 1 aliphatic carbocycles. The number of allylic oxidation sites excluding steroid dienone is 2. The number of aliphatic carboxylic acids is 1. The molecule has 1 aliphatic rings. The van der Waals surface area contributed by atoms with Gasteiger partial charge in [-0.15, -0.1) is 0 Å². The molecule has 1 amide bonds. The summed E-state index contributed by atoms with van der Waals surface area (Å²) >= 11 is 0. The van der Waals surface area contributed by atoms with Crippen LogP contribution in [-0.4, -0.2) is 25.4 Å². The van der Waals surface area contributed by atoms with E-state index in [0.717, 1.165) is 0 Å². The molecule has 1 atom stereocenters. The molecule has 0 fully saturated rings. The maximum Gasteiger partial charge on any atom is 0.319 e. The van der Waals surface area contributed by atoms with E-state index >= 15 is 0 Å². The molecule has 0 aliphatic heterocycles. The summed E-state index contributed by atoms with van der Waals surface area (Å²) in [5.74, 6) is -1.81. The van der Waals surface area contributed by atoms with Gasteiger partial charge in [0.25, 0.3) is 0 Å². The number of benzene rings is 1. The topological polar surface area (TPSA) is 127 Å². The summed E-state index contributed by atoms with van der Waals surface area (Å²) in [6, 6.07) is 6.00. The zero-order valence-corrected chi connectivity index (χ0v) is 13.2. The van der Waals surface area contributed by atoms with Crippen molar-refractivity contribution in [3.63, 3.8) is 0 Å². The van der Waals surface area contributed by atoms with Gasteiger partial charge in [0.05, 0.1) is 4.90 Å². The molecule has 23 heavy (non-hydrogen) atoms. The predicted molar refractivity (Wildman–Crippen MR) is 82.7 cm³/mol. The molecule has 1 unspecified atom stereocenters. The Hall–Kier alpha value is -2.19. The number of amides is 1. The molecule has 0 radical (unpaired) electrons. The van der Waals surface area contributed by atoms with E-state index in [1.807, 2.05) is 6.08 Å². The monoisotopic (exact) mass is 338 g/mol. The van der Waals surface area contributed by atoms with Gasteiger partial charge in [0, 0.05) is 6.54 Å². The standard InChI is InChI=1S/C15H18N2O5S/c16-23(21,22)12-7-3-2-6-11(12)10-17-13(18)15(14(19)20)8-4-1-5-9-15/h1-4,6-7H,5,8-10H2,(H,17,18)(H,19,20)(H2,16,21,22). The van der Waals surface area contributed by atoms with E-state index in [1.54, 1.807) is 12.1 Å². The molecule has 8 heteroatoms. The van der Waals surface area contributed by atoms with Crippen molar-refractivity contribution in [2.75, 3.05) is 0 Å². The number of carbonyl (C=O) groups is 2. The molecule has 7 nitrogen and oxygen atoms in total. The Labute approximate surface area is 134 Å². The summed E-state index contributed by atoms with van der Waals surface area (Å²) in [5.41, 5.74) is -1.19. The third kappa shape index (κ3) is 3.59. The van der Waals surface area contributed by atoms with Crippen LogP contribution in [0.3, 0.4) is 0 Å². The van der Waals surface area contributed by atoms with Crippen LogP contribution in [0.2, 0.25) is 0 Å². The third-order valence-electron chi connectivity index (χ3n) is 3.93. The maximum atomic E-state index is 12.4. The van der Waals surface area contributed by atoms with E-state index in [0.29, 0.717) is 12.0 Å². The minimum atomic E-state index is -3.92. The minimum Gasteiger partial charge on any atom is -0.480 e. The van der Waals surface area contributed by atoms with Gasteiger partial charge < -0.3 is 10.4 Å². The molecule has 0 heterocycles. The molecule has 1 aromatic carbocycles. The lowest BCUT2D eigenvalue weighted by Crippen LogP contribution is -2.47. The van der Waals surface area contributed by atoms with Crippen LogP contribution in [0.25, 0.3) is 0 Å². The van der Waals surface area contributed by atoms with E-state index in [4.69, 9.17) is 5.14 Å². The van der Waals surface area contributed by atoms with Gasteiger partial charge in [-0.2, -0.15) is 0 Å². The number of sulfonamides is 1. The first-order valence-corrected chi connectivity index (χ1v) is 8.59. The number of rotatable bonds is 5. The van der Waals surface area contributed by atoms with Gasteiger partial charge in [-0.1, -0.05) is 30.4 Å². The summed E-state index contributed by atoms with van der Waals surface area (Å²) in [6.07, 6.45) is 4.35. The summed E-state index contributed by atoms with van der Waals surface area (Å²) in [7, 11) is -3.92. The quantitative estimate of drug-likeness (QED) is 0.540. The number of hydrogen-bond acceptors (Lipinski definition) is 4. The fourth-order valence-corrected chi connectivity index (χ4v) is 3.38. The summed E-state index contributed by atoms with van der Waals surface area (Å²) in [4.78, 5) is 23.8. The highest BCUT2D eigenvalue weighted by molar-refractivity contribution is 7.89. The van der Waals surface area contributed by atoms with Gasteiger partial charge in [0.2, 0.25) is 15.9 Å². The van der Waals surface area contributed by atoms with Gasteiger partial charge in [-0.3, -0.25) is 9.59 Å². The second-order valence-corrected chi connectivity index (χ2v) is 6.97. The smallest absolute Gasteiger partial charge is 0.319 e. The highest BCUT2D eigenvalue weighted by Crippen LogP contribution is 2.33. The van der Waals surface area contributed by atoms with Crippen molar-refractivity contribution in [1.29, 1.82) is 0 Å². The molecule has 0 spiro atoms. The molecular formula is C15H18N2O5S. The Balaban J connectivity index is 2.19. The predicted octanol–water partition coefficient (Wildman–Crippen LogP) is 0.761. The summed E-state index contributed by atoms with van der Waals surface area (Å²) in [6.45, 7) is -0.107. The Morgan fingerprint density at radius 3 is 2.52 bits per heavy atom. The lowest BCUT2D eigenvalue weighted by molar-refractivity contribution is -0.156. The fourth-order valence-electron chi connectivity index (χ4n) is 2.60. The maximum absolute atomic E-state index is 12.4. The number of carboxylic acid groups (broad SMARTS) is 1. The largest absolute Gasteiger partial charge is 0.480 e. The summed E-state index contributed by atoms with van der Waals surface area (Å²) in [5, 5.41) is 17.1. The number of hydrogen-bond donors (Lipinski definition) is 3. The van der Waals surface area contributed by atoms with Crippen LogP contribution in [0.15, 0.2) is 41.3 Å². The Bertz CT molecular complexity index is 757. The van der Waals surface area contributed by atoms with E-state index in [2.05, 4.69) is 5.32 Å². The van der Waals surface area contributed by atoms with E-state index in [9.17, 15) is 23.1 Å². The molecule has 2 rings (SSSR count). The van der Waals surface area contributed by atoms with Crippen LogP contribution in [0.1, 0.15) is 24.8 Å². The fraction of sp³-hybridized carbons (Fsp3) is 0.333. The van der Waals surface area contributed by atoms with Gasteiger partial charge in [-0.05, 0) is 30.9 Å². The van der Waals surface area contributed by atoms with Crippen molar-refractivity contribution < 1.29 is 23.1 Å². The van der Waals surface area contributed by atoms with Crippen LogP contribution < -0.4 is 10.5 Å². The number of primary sulfonamides is 1. The van der Waals surface area contributed by atoms with E-state index in [-0.39, 0.29) is 24.3 Å². The molecule has 124 valence electrons. The highest BCUT2D eigenvalue weighted by atomic mass is 32.2. The van der Waals surface area contributed by atoms with Crippen molar-refractivity contribution in [3.8, 4) is 0 Å². The highest BCUT2D eigenvalue weighted by Gasteiger charge is 2.45. The normalized spacial score (nSPS) is 20.9. The number of nitrogens with two attached hydrogens (primary N) is 1. The lowest BCUT2D eigenvalue weighted by atomic mass is 9.76. The van der Waals surface area contributed by atoms with Gasteiger partial charge in [-0.25, -0.2) is 13.6 Å². The van der Waals surface area contributed by atoms with Gasteiger partial charge in [0.15, 0.2) is 0 Å². The van der Waals surface area contributed by atoms with Crippen molar-refractivity contribution in [3.05, 3.63) is 42.0 Å². The van der Waals surface area contributed by atoms with Crippen molar-refractivity contribution in [1.82, 2.24) is 5.32 Å². The average molecular weight is 338 g/mol. The first-order valence-electron chi connectivity index (χ1n) is 7.05. The second-order valence-electron chi connectivity index (χ2n) is 5.44. The van der Waals surface area contributed by atoms with Crippen molar-refractivity contribution >= 4 is 21.9 Å². The van der Waals surface area contributed by atoms with E-state index in [1.165, 1.54) is 18.2 Å². The van der Waals surface area contributed by atoms with Crippen LogP contribution in [-0.2, 0) is 26.2 Å². The Morgan fingerprint density at radius 1 is 1.26 bits per heavy atom. The number of carboxylic acids is 1. The summed E-state index contributed by atoms with van der Waals surface area (Å²) < 4.78 is 23.1. The first-order chi connectivity index (χ1) is 10.8. The molecule has 0 saturated heterocycles. The molecule has 4 N–H and O–H groups in total. The Kier molecular flexibility index (Phi) is 4.86. The van der Waals surface area contributed by atoms with Crippen LogP contribution >= 0.6 is 0 Å². The zero-order chi connectivity index (χ0) is 17.1. The molecule has 0 bridgehead atoms. The van der Waals surface area contributed by atoms with E-state index < -0.39 is 27.3 Å². The third-order valence-corrected chi connectivity index (χ3v) is 4.94. The average Bonchev–Trinajstić information content (AvgIpc) is 2.52. The molecule has 1 aromatic rings. The Morgan fingerprint density at radius 2 is 1.96 bits per heavy atom. The second kappa shape index (κ2) is 6.51. The first kappa shape index (κ1) is 17.2. The van der Waals surface area contributed by atoms with Gasteiger partial charge in [0.1, 0.15) is 5.41 Å². The zero-order valence-electron chi connectivity index (χ0n) is 12.4. The van der Waals surface area contributed by atoms with Crippen LogP contribution in [0.4, 0.5) is 0 Å².